The molecule has 106 valence electrons. The van der Waals surface area contributed by atoms with E-state index in [1.807, 2.05) is 0 Å². The third-order valence-electron chi connectivity index (χ3n) is 2.96. The third kappa shape index (κ3) is 2.79. The van der Waals surface area contributed by atoms with Gasteiger partial charge >= 0.3 is 5.97 Å². The molecular weight excluding hydrogens is 272 g/mol. The molecule has 2 heterocycles. The summed E-state index contributed by atoms with van der Waals surface area (Å²) in [5.74, 6) is -0.315. The number of hydrogen-bond donors (Lipinski definition) is 2. The fourth-order valence-electron chi connectivity index (χ4n) is 1.97. The molecule has 2 N–H and O–H groups in total. The van der Waals surface area contributed by atoms with E-state index in [0.717, 1.165) is 0 Å². The van der Waals surface area contributed by atoms with Gasteiger partial charge in [-0.15, -0.1) is 0 Å². The molecule has 0 bridgehead atoms. The van der Waals surface area contributed by atoms with E-state index in [9.17, 15) is 9.90 Å². The molecular formula is C15H12N2O4. The monoisotopic (exact) mass is 284 g/mol. The van der Waals surface area contributed by atoms with Crippen LogP contribution in [-0.4, -0.2) is 25.6 Å². The van der Waals surface area contributed by atoms with Crippen molar-refractivity contribution in [3.05, 3.63) is 60.0 Å². The molecule has 0 unspecified atom stereocenters. The number of carboxylic acid groups (broad SMARTS) is 1. The van der Waals surface area contributed by atoms with E-state index >= 15 is 0 Å². The maximum absolute atomic E-state index is 10.9. The molecule has 6 heteroatoms. The van der Waals surface area contributed by atoms with Gasteiger partial charge in [0, 0.05) is 18.5 Å². The molecule has 0 atom stereocenters. The summed E-state index contributed by atoms with van der Waals surface area (Å²) >= 11 is 0. The SMILES string of the molecule is O=C(O)c1ccn2cc(COc3cccc(O)c3)nc2c1. The predicted octanol–water partition coefficient (Wildman–Crippen LogP) is 2.32. The molecule has 0 fully saturated rings. The first-order chi connectivity index (χ1) is 10.1. The van der Waals surface area contributed by atoms with Crippen LogP contribution in [0.3, 0.4) is 0 Å². The first-order valence-corrected chi connectivity index (χ1v) is 6.24. The van der Waals surface area contributed by atoms with Crippen LogP contribution in [0.1, 0.15) is 16.1 Å². The van der Waals surface area contributed by atoms with Crippen molar-refractivity contribution in [3.8, 4) is 11.5 Å². The Morgan fingerprint density at radius 2 is 2.14 bits per heavy atom. The van der Waals surface area contributed by atoms with Gasteiger partial charge in [0.1, 0.15) is 23.8 Å². The summed E-state index contributed by atoms with van der Waals surface area (Å²) < 4.78 is 7.26. The zero-order chi connectivity index (χ0) is 14.8. The van der Waals surface area contributed by atoms with Crippen LogP contribution in [-0.2, 0) is 6.61 Å². The smallest absolute Gasteiger partial charge is 0.335 e. The summed E-state index contributed by atoms with van der Waals surface area (Å²) in [6.07, 6.45) is 3.41. The average molecular weight is 284 g/mol. The van der Waals surface area contributed by atoms with Crippen LogP contribution in [0.15, 0.2) is 48.8 Å². The molecule has 0 saturated heterocycles. The Morgan fingerprint density at radius 1 is 1.29 bits per heavy atom. The van der Waals surface area contributed by atoms with Gasteiger partial charge in [-0.2, -0.15) is 0 Å². The number of aromatic nitrogens is 2. The van der Waals surface area contributed by atoms with Crippen LogP contribution < -0.4 is 4.74 Å². The number of imidazole rings is 1. The molecule has 0 aliphatic rings. The molecule has 0 spiro atoms. The molecule has 2 aromatic heterocycles. The second kappa shape index (κ2) is 5.16. The molecule has 21 heavy (non-hydrogen) atoms. The van der Waals surface area contributed by atoms with Crippen molar-refractivity contribution >= 4 is 11.6 Å². The summed E-state index contributed by atoms with van der Waals surface area (Å²) in [4.78, 5) is 15.2. The minimum atomic E-state index is -0.988. The molecule has 3 rings (SSSR count). The number of fused-ring (bicyclic) bond motifs is 1. The molecule has 0 aliphatic heterocycles. The van der Waals surface area contributed by atoms with E-state index in [0.29, 0.717) is 17.1 Å². The fraction of sp³-hybridized carbons (Fsp3) is 0.0667. The normalized spacial score (nSPS) is 10.7. The van der Waals surface area contributed by atoms with Gasteiger partial charge in [0.2, 0.25) is 0 Å². The molecule has 0 radical (unpaired) electrons. The first kappa shape index (κ1) is 13.0. The van der Waals surface area contributed by atoms with Crippen molar-refractivity contribution in [2.24, 2.45) is 0 Å². The van der Waals surface area contributed by atoms with Crippen LogP contribution in [0, 0.1) is 0 Å². The van der Waals surface area contributed by atoms with Crippen LogP contribution in [0.25, 0.3) is 5.65 Å². The van der Waals surface area contributed by atoms with Crippen LogP contribution in [0.4, 0.5) is 0 Å². The second-order valence-corrected chi connectivity index (χ2v) is 4.50. The number of nitrogens with zero attached hydrogens (tertiary/aromatic N) is 2. The highest BCUT2D eigenvalue weighted by molar-refractivity contribution is 5.88. The minimum Gasteiger partial charge on any atom is -0.508 e. The lowest BCUT2D eigenvalue weighted by Crippen LogP contribution is -1.97. The van der Waals surface area contributed by atoms with Gasteiger partial charge < -0.3 is 19.4 Å². The van der Waals surface area contributed by atoms with E-state index in [2.05, 4.69) is 4.98 Å². The number of aromatic carboxylic acids is 1. The maximum Gasteiger partial charge on any atom is 0.335 e. The fourth-order valence-corrected chi connectivity index (χ4v) is 1.97. The maximum atomic E-state index is 10.9. The molecule has 3 aromatic rings. The summed E-state index contributed by atoms with van der Waals surface area (Å²) in [6.45, 7) is 0.230. The number of benzene rings is 1. The van der Waals surface area contributed by atoms with Crippen molar-refractivity contribution in [2.45, 2.75) is 6.61 Å². The van der Waals surface area contributed by atoms with Crippen molar-refractivity contribution in [1.82, 2.24) is 9.38 Å². The largest absolute Gasteiger partial charge is 0.508 e. The molecule has 0 aliphatic carbocycles. The van der Waals surface area contributed by atoms with Crippen LogP contribution in [0.2, 0.25) is 0 Å². The van der Waals surface area contributed by atoms with E-state index in [-0.39, 0.29) is 17.9 Å². The minimum absolute atomic E-state index is 0.133. The van der Waals surface area contributed by atoms with Gasteiger partial charge in [0.05, 0.1) is 11.3 Å². The Labute approximate surface area is 119 Å². The lowest BCUT2D eigenvalue weighted by Gasteiger charge is -2.03. The van der Waals surface area contributed by atoms with E-state index in [4.69, 9.17) is 9.84 Å². The summed E-state index contributed by atoms with van der Waals surface area (Å²) in [5.41, 5.74) is 1.40. The summed E-state index contributed by atoms with van der Waals surface area (Å²) in [6, 6.07) is 9.51. The number of aromatic hydroxyl groups is 1. The van der Waals surface area contributed by atoms with E-state index < -0.39 is 5.97 Å². The number of carbonyl (C=O) groups is 1. The Balaban J connectivity index is 1.80. The van der Waals surface area contributed by atoms with Gasteiger partial charge in [-0.25, -0.2) is 9.78 Å². The van der Waals surface area contributed by atoms with Gasteiger partial charge in [0.25, 0.3) is 0 Å². The highest BCUT2D eigenvalue weighted by Crippen LogP contribution is 2.19. The van der Waals surface area contributed by atoms with Crippen molar-refractivity contribution < 1.29 is 19.7 Å². The van der Waals surface area contributed by atoms with Crippen molar-refractivity contribution in [3.63, 3.8) is 0 Å². The quantitative estimate of drug-likeness (QED) is 0.768. The Bertz CT molecular complexity index is 810. The number of pyridine rings is 1. The van der Waals surface area contributed by atoms with E-state index in [1.54, 1.807) is 35.0 Å². The van der Waals surface area contributed by atoms with Crippen molar-refractivity contribution in [1.29, 1.82) is 0 Å². The molecule has 0 amide bonds. The molecule has 1 aromatic carbocycles. The molecule has 0 saturated carbocycles. The predicted molar refractivity (Wildman–Crippen MR) is 74.6 cm³/mol. The zero-order valence-corrected chi connectivity index (χ0v) is 10.9. The standard InChI is InChI=1S/C15H12N2O4/c18-12-2-1-3-13(7-12)21-9-11-8-17-5-4-10(15(19)20)6-14(17)16-11/h1-8,18H,9H2,(H,19,20). The summed E-state index contributed by atoms with van der Waals surface area (Å²) in [7, 11) is 0. The third-order valence-corrected chi connectivity index (χ3v) is 2.96. The Morgan fingerprint density at radius 3 is 2.90 bits per heavy atom. The Hall–Kier alpha value is -3.02. The first-order valence-electron chi connectivity index (χ1n) is 6.24. The van der Waals surface area contributed by atoms with Gasteiger partial charge in [-0.3, -0.25) is 0 Å². The highest BCUT2D eigenvalue weighted by atomic mass is 16.5. The highest BCUT2D eigenvalue weighted by Gasteiger charge is 2.07. The number of phenolic OH excluding ortho intramolecular Hbond substituents is 1. The number of carboxylic acids is 1. The Kier molecular flexibility index (Phi) is 3.19. The van der Waals surface area contributed by atoms with Gasteiger partial charge in [-0.05, 0) is 24.3 Å². The topological polar surface area (TPSA) is 84.1 Å². The number of rotatable bonds is 4. The van der Waals surface area contributed by atoms with Crippen molar-refractivity contribution in [2.75, 3.05) is 0 Å². The lowest BCUT2D eigenvalue weighted by molar-refractivity contribution is 0.0697. The van der Waals surface area contributed by atoms with Gasteiger partial charge in [0.15, 0.2) is 0 Å². The average Bonchev–Trinajstić information content (AvgIpc) is 2.87. The number of ether oxygens (including phenoxy) is 1. The van der Waals surface area contributed by atoms with E-state index in [1.165, 1.54) is 18.2 Å². The summed E-state index contributed by atoms with van der Waals surface area (Å²) in [5, 5.41) is 18.3. The second-order valence-electron chi connectivity index (χ2n) is 4.50. The lowest BCUT2D eigenvalue weighted by atomic mass is 10.3. The van der Waals surface area contributed by atoms with Crippen LogP contribution in [0.5, 0.6) is 11.5 Å². The number of hydrogen-bond acceptors (Lipinski definition) is 4. The van der Waals surface area contributed by atoms with Crippen LogP contribution >= 0.6 is 0 Å². The van der Waals surface area contributed by atoms with Gasteiger partial charge in [-0.1, -0.05) is 6.07 Å². The zero-order valence-electron chi connectivity index (χ0n) is 10.9. The number of phenols is 1. The molecule has 6 nitrogen and oxygen atoms in total.